The SMILES string of the molecule is CC(C)COCCSCCC(NC(=O)OCC1c2ccccc2-c2ccccc21)C(=O)O. The lowest BCUT2D eigenvalue weighted by atomic mass is 9.98. The number of thioether (sulfide) groups is 1. The van der Waals surface area contributed by atoms with Crippen molar-refractivity contribution in [3.8, 4) is 11.1 Å². The van der Waals surface area contributed by atoms with Crippen LogP contribution in [-0.2, 0) is 14.3 Å². The zero-order chi connectivity index (χ0) is 22.9. The summed E-state index contributed by atoms with van der Waals surface area (Å²) in [5, 5.41) is 12.0. The summed E-state index contributed by atoms with van der Waals surface area (Å²) in [5.74, 6) is 0.793. The van der Waals surface area contributed by atoms with Crippen LogP contribution >= 0.6 is 11.8 Å². The van der Waals surface area contributed by atoms with Gasteiger partial charge in [-0.2, -0.15) is 11.8 Å². The summed E-state index contributed by atoms with van der Waals surface area (Å²) >= 11 is 1.62. The molecule has 172 valence electrons. The molecule has 1 aliphatic rings. The van der Waals surface area contributed by atoms with Crippen LogP contribution in [0, 0.1) is 5.92 Å². The van der Waals surface area contributed by atoms with Crippen LogP contribution in [0.1, 0.15) is 37.3 Å². The number of benzene rings is 2. The molecular formula is C25H31NO5S. The highest BCUT2D eigenvalue weighted by atomic mass is 32.2. The zero-order valence-corrected chi connectivity index (χ0v) is 19.4. The number of carboxylic acids is 1. The van der Waals surface area contributed by atoms with E-state index >= 15 is 0 Å². The molecule has 0 aromatic heterocycles. The van der Waals surface area contributed by atoms with Gasteiger partial charge in [-0.3, -0.25) is 0 Å². The van der Waals surface area contributed by atoms with Gasteiger partial charge in [0.25, 0.3) is 0 Å². The number of hydrogen-bond acceptors (Lipinski definition) is 5. The van der Waals surface area contributed by atoms with Gasteiger partial charge in [-0.1, -0.05) is 62.4 Å². The Morgan fingerprint density at radius 1 is 1.03 bits per heavy atom. The number of amides is 1. The van der Waals surface area contributed by atoms with Gasteiger partial charge in [0.05, 0.1) is 6.61 Å². The van der Waals surface area contributed by atoms with E-state index in [1.807, 2.05) is 36.4 Å². The Hall–Kier alpha value is -2.51. The van der Waals surface area contributed by atoms with Gasteiger partial charge in [-0.05, 0) is 40.3 Å². The third kappa shape index (κ3) is 6.50. The normalized spacial score (nSPS) is 13.5. The average Bonchev–Trinajstić information content (AvgIpc) is 3.09. The second-order valence-electron chi connectivity index (χ2n) is 8.23. The lowest BCUT2D eigenvalue weighted by molar-refractivity contribution is -0.139. The number of hydrogen-bond donors (Lipinski definition) is 2. The highest BCUT2D eigenvalue weighted by Gasteiger charge is 2.29. The first-order valence-corrected chi connectivity index (χ1v) is 12.1. The number of carboxylic acid groups (broad SMARTS) is 1. The van der Waals surface area contributed by atoms with Crippen molar-refractivity contribution < 1.29 is 24.2 Å². The first-order chi connectivity index (χ1) is 15.5. The van der Waals surface area contributed by atoms with E-state index in [-0.39, 0.29) is 12.5 Å². The minimum atomic E-state index is -1.06. The molecule has 0 radical (unpaired) electrons. The maximum Gasteiger partial charge on any atom is 0.407 e. The predicted molar refractivity (Wildman–Crippen MR) is 127 cm³/mol. The van der Waals surface area contributed by atoms with Crippen molar-refractivity contribution in [3.05, 3.63) is 59.7 Å². The molecule has 0 aliphatic heterocycles. The predicted octanol–water partition coefficient (Wildman–Crippen LogP) is 4.77. The van der Waals surface area contributed by atoms with E-state index in [1.165, 1.54) is 0 Å². The Kier molecular flexibility index (Phi) is 9.00. The fourth-order valence-corrected chi connectivity index (χ4v) is 4.62. The van der Waals surface area contributed by atoms with Gasteiger partial charge in [0.2, 0.25) is 0 Å². The molecule has 0 saturated heterocycles. The van der Waals surface area contributed by atoms with Gasteiger partial charge in [-0.15, -0.1) is 0 Å². The highest BCUT2D eigenvalue weighted by molar-refractivity contribution is 7.99. The Labute approximate surface area is 193 Å². The zero-order valence-electron chi connectivity index (χ0n) is 18.6. The van der Waals surface area contributed by atoms with E-state index < -0.39 is 18.1 Å². The summed E-state index contributed by atoms with van der Waals surface area (Å²) in [6, 6.07) is 15.2. The molecule has 0 saturated carbocycles. The molecule has 32 heavy (non-hydrogen) atoms. The second-order valence-corrected chi connectivity index (χ2v) is 9.46. The van der Waals surface area contributed by atoms with Crippen LogP contribution in [0.25, 0.3) is 11.1 Å². The Balaban J connectivity index is 1.46. The molecular weight excluding hydrogens is 426 g/mol. The maximum absolute atomic E-state index is 12.4. The minimum absolute atomic E-state index is 0.0576. The number of carbonyl (C=O) groups excluding carboxylic acids is 1. The third-order valence-electron chi connectivity index (χ3n) is 5.31. The molecule has 2 aromatic carbocycles. The maximum atomic E-state index is 12.4. The molecule has 0 spiro atoms. The van der Waals surface area contributed by atoms with Crippen LogP contribution < -0.4 is 5.32 Å². The standard InChI is InChI=1S/C25H31NO5S/c1-17(2)15-30-12-14-32-13-11-23(24(27)28)26-25(29)31-16-22-20-9-5-3-7-18(20)19-8-4-6-10-21(19)22/h3-10,17,22-23H,11-16H2,1-2H3,(H,26,29)(H,27,28). The monoisotopic (exact) mass is 457 g/mol. The van der Waals surface area contributed by atoms with Crippen molar-refractivity contribution in [3.63, 3.8) is 0 Å². The van der Waals surface area contributed by atoms with Crippen LogP contribution in [0.5, 0.6) is 0 Å². The Bertz CT molecular complexity index is 871. The van der Waals surface area contributed by atoms with Crippen molar-refractivity contribution in [2.24, 2.45) is 5.92 Å². The average molecular weight is 458 g/mol. The van der Waals surface area contributed by atoms with Crippen molar-refractivity contribution >= 4 is 23.8 Å². The van der Waals surface area contributed by atoms with Gasteiger partial charge in [-0.25, -0.2) is 9.59 Å². The summed E-state index contributed by atoms with van der Waals surface area (Å²) in [6.07, 6.45) is -0.376. The van der Waals surface area contributed by atoms with Crippen molar-refractivity contribution in [2.75, 3.05) is 31.3 Å². The van der Waals surface area contributed by atoms with Gasteiger partial charge < -0.3 is 19.9 Å². The van der Waals surface area contributed by atoms with Crippen LogP contribution in [0.2, 0.25) is 0 Å². The summed E-state index contributed by atoms with van der Waals surface area (Å²) in [6.45, 7) is 5.72. The van der Waals surface area contributed by atoms with Crippen LogP contribution in [-0.4, -0.2) is 54.5 Å². The first kappa shape index (κ1) is 24.1. The molecule has 1 aliphatic carbocycles. The summed E-state index contributed by atoms with van der Waals surface area (Å²) < 4.78 is 11.0. The molecule has 7 heteroatoms. The fourth-order valence-electron chi connectivity index (χ4n) is 3.78. The number of alkyl carbamates (subject to hydrolysis) is 1. The number of nitrogens with one attached hydrogen (secondary N) is 1. The number of fused-ring (bicyclic) bond motifs is 3. The largest absolute Gasteiger partial charge is 0.480 e. The van der Waals surface area contributed by atoms with Gasteiger partial charge >= 0.3 is 12.1 Å². The number of ether oxygens (including phenoxy) is 2. The fraction of sp³-hybridized carbons (Fsp3) is 0.440. The summed E-state index contributed by atoms with van der Waals surface area (Å²) in [5.41, 5.74) is 4.53. The molecule has 0 fully saturated rings. The molecule has 3 rings (SSSR count). The first-order valence-electron chi connectivity index (χ1n) is 11.0. The lowest BCUT2D eigenvalue weighted by Gasteiger charge is -2.17. The molecule has 1 amide bonds. The second kappa shape index (κ2) is 11.9. The third-order valence-corrected chi connectivity index (χ3v) is 6.29. The molecule has 0 bridgehead atoms. The summed E-state index contributed by atoms with van der Waals surface area (Å²) in [4.78, 5) is 23.9. The van der Waals surface area contributed by atoms with E-state index in [0.29, 0.717) is 24.7 Å². The van der Waals surface area contributed by atoms with Crippen molar-refractivity contribution in [1.29, 1.82) is 0 Å². The highest BCUT2D eigenvalue weighted by Crippen LogP contribution is 2.44. The van der Waals surface area contributed by atoms with Gasteiger partial charge in [0.1, 0.15) is 12.6 Å². The molecule has 2 aromatic rings. The molecule has 1 unspecified atom stereocenters. The quantitative estimate of drug-likeness (QED) is 0.447. The molecule has 2 N–H and O–H groups in total. The Morgan fingerprint density at radius 2 is 1.66 bits per heavy atom. The van der Waals surface area contributed by atoms with E-state index in [1.54, 1.807) is 11.8 Å². The van der Waals surface area contributed by atoms with Crippen LogP contribution in [0.3, 0.4) is 0 Å². The number of rotatable bonds is 12. The topological polar surface area (TPSA) is 84.9 Å². The Morgan fingerprint density at radius 3 is 2.25 bits per heavy atom. The smallest absolute Gasteiger partial charge is 0.407 e. The van der Waals surface area contributed by atoms with E-state index in [4.69, 9.17) is 9.47 Å². The van der Waals surface area contributed by atoms with Gasteiger partial charge in [0.15, 0.2) is 0 Å². The van der Waals surface area contributed by atoms with Crippen molar-refractivity contribution in [1.82, 2.24) is 5.32 Å². The van der Waals surface area contributed by atoms with E-state index in [2.05, 4.69) is 31.3 Å². The molecule has 0 heterocycles. The lowest BCUT2D eigenvalue weighted by Crippen LogP contribution is -2.41. The molecule has 6 nitrogen and oxygen atoms in total. The number of aliphatic carboxylic acids is 1. The van der Waals surface area contributed by atoms with Crippen LogP contribution in [0.15, 0.2) is 48.5 Å². The van der Waals surface area contributed by atoms with Crippen LogP contribution in [0.4, 0.5) is 4.79 Å². The summed E-state index contributed by atoms with van der Waals surface area (Å²) in [7, 11) is 0. The van der Waals surface area contributed by atoms with E-state index in [0.717, 1.165) is 34.6 Å². The minimum Gasteiger partial charge on any atom is -0.480 e. The van der Waals surface area contributed by atoms with E-state index in [9.17, 15) is 14.7 Å². The van der Waals surface area contributed by atoms with Crippen molar-refractivity contribution in [2.45, 2.75) is 32.2 Å². The molecule has 1 atom stereocenters. The van der Waals surface area contributed by atoms with Gasteiger partial charge in [0, 0.05) is 18.3 Å². The number of carbonyl (C=O) groups is 2.